The van der Waals surface area contributed by atoms with E-state index in [-0.39, 0.29) is 17.9 Å². The number of nitrogens with zero attached hydrogens (tertiary/aromatic N) is 2. The van der Waals surface area contributed by atoms with E-state index in [9.17, 15) is 10.0 Å². The average Bonchev–Trinajstić information content (AvgIpc) is 2.85. The number of hydrogen-bond donors (Lipinski definition) is 0. The molecule has 1 fully saturated rings. The van der Waals surface area contributed by atoms with E-state index in [1.165, 1.54) is 0 Å². The zero-order valence-corrected chi connectivity index (χ0v) is 16.6. The van der Waals surface area contributed by atoms with Gasteiger partial charge in [-0.2, -0.15) is 4.73 Å². The summed E-state index contributed by atoms with van der Waals surface area (Å²) in [6.07, 6.45) is 7.18. The summed E-state index contributed by atoms with van der Waals surface area (Å²) in [5.41, 5.74) is 1.71. The molecule has 2 aliphatic rings. The van der Waals surface area contributed by atoms with Crippen LogP contribution in [0.4, 0.5) is 4.79 Å². The fourth-order valence-corrected chi connectivity index (χ4v) is 4.44. The highest BCUT2D eigenvalue weighted by Crippen LogP contribution is 2.35. The first-order valence-corrected chi connectivity index (χ1v) is 10.1. The summed E-state index contributed by atoms with van der Waals surface area (Å²) < 4.78 is 6.11. The predicted octanol–water partition coefficient (Wildman–Crippen LogP) is 2.55. The maximum Gasteiger partial charge on any atom is 0.409 e. The lowest BCUT2D eigenvalue weighted by Crippen LogP contribution is -2.42. The zero-order chi connectivity index (χ0) is 19.7. The molecule has 1 aliphatic carbocycles. The normalized spacial score (nSPS) is 18.9. The largest absolute Gasteiger partial charge is 0.618 e. The second-order valence-electron chi connectivity index (χ2n) is 7.31. The average molecular weight is 399 g/mol. The molecule has 1 saturated heterocycles. The Labute approximate surface area is 169 Å². The highest BCUT2D eigenvalue weighted by Gasteiger charge is 2.34. The summed E-state index contributed by atoms with van der Waals surface area (Å²) in [4.78, 5) is 13.8. The molecule has 1 aromatic carbocycles. The molecule has 2 aromatic rings. The summed E-state index contributed by atoms with van der Waals surface area (Å²) in [5.74, 6) is 0.236. The van der Waals surface area contributed by atoms with Gasteiger partial charge >= 0.3 is 6.09 Å². The number of amides is 1. The number of halogens is 1. The van der Waals surface area contributed by atoms with Crippen LogP contribution < -0.4 is 15.2 Å². The van der Waals surface area contributed by atoms with Gasteiger partial charge in [0.05, 0.1) is 12.5 Å². The molecular formula is C22H23ClN2O3. The second-order valence-corrected chi connectivity index (χ2v) is 7.74. The van der Waals surface area contributed by atoms with E-state index < -0.39 is 0 Å². The first-order chi connectivity index (χ1) is 13.6. The molecule has 0 spiro atoms. The number of fused-ring (bicyclic) bond motifs is 2. The molecule has 1 atom stereocenters. The molecule has 1 amide bonds. The standard InChI is InChI=1S/C22H23ClN2O3/c1-2-28-22(26)24-10-7-15(8-11-24)20-14-18-13-19(23)6-5-16(18)12-17-4-3-9-25(27)21(17)20/h3-6,9,12-15,20H,2,7-8,10-11H2,1H3. The van der Waals surface area contributed by atoms with Crippen LogP contribution in [0.5, 0.6) is 0 Å². The Morgan fingerprint density at radius 2 is 2.07 bits per heavy atom. The summed E-state index contributed by atoms with van der Waals surface area (Å²) in [7, 11) is 0. The number of likely N-dealkylation sites (tertiary alicyclic amines) is 1. The topological polar surface area (TPSA) is 56.5 Å². The number of benzene rings is 1. The van der Waals surface area contributed by atoms with Crippen LogP contribution in [0, 0.1) is 11.1 Å². The number of carbonyl (C=O) groups is 1. The van der Waals surface area contributed by atoms with Crippen molar-refractivity contribution in [3.05, 3.63) is 68.5 Å². The van der Waals surface area contributed by atoms with Gasteiger partial charge in [-0.15, -0.1) is 0 Å². The number of aromatic nitrogens is 1. The maximum absolute atomic E-state index is 12.7. The third-order valence-corrected chi connectivity index (χ3v) is 5.87. The third-order valence-electron chi connectivity index (χ3n) is 5.64. The molecule has 0 N–H and O–H groups in total. The van der Waals surface area contributed by atoms with E-state index in [4.69, 9.17) is 16.3 Å². The van der Waals surface area contributed by atoms with Gasteiger partial charge < -0.3 is 14.8 Å². The molecule has 1 unspecified atom stereocenters. The number of carbonyl (C=O) groups excluding carboxylic acids is 1. The highest BCUT2D eigenvalue weighted by atomic mass is 35.5. The van der Waals surface area contributed by atoms with E-state index in [1.807, 2.05) is 31.2 Å². The number of pyridine rings is 1. The van der Waals surface area contributed by atoms with Crippen LogP contribution in [0.1, 0.15) is 36.9 Å². The van der Waals surface area contributed by atoms with Crippen LogP contribution in [0.3, 0.4) is 0 Å². The quantitative estimate of drug-likeness (QED) is 0.577. The van der Waals surface area contributed by atoms with Crippen molar-refractivity contribution in [3.63, 3.8) is 0 Å². The van der Waals surface area contributed by atoms with E-state index in [0.717, 1.165) is 39.3 Å². The van der Waals surface area contributed by atoms with Crippen LogP contribution in [0.2, 0.25) is 5.02 Å². The van der Waals surface area contributed by atoms with Gasteiger partial charge in [0.1, 0.15) is 0 Å². The lowest BCUT2D eigenvalue weighted by Gasteiger charge is -2.34. The van der Waals surface area contributed by atoms with Gasteiger partial charge in [0.25, 0.3) is 0 Å². The summed E-state index contributed by atoms with van der Waals surface area (Å²) >= 11 is 6.23. The van der Waals surface area contributed by atoms with Crippen LogP contribution in [0.15, 0.2) is 36.5 Å². The number of rotatable bonds is 2. The minimum atomic E-state index is -0.254. The van der Waals surface area contributed by atoms with Gasteiger partial charge in [0.2, 0.25) is 5.69 Å². The molecule has 0 saturated carbocycles. The molecule has 6 heteroatoms. The van der Waals surface area contributed by atoms with E-state index in [0.29, 0.717) is 24.7 Å². The van der Waals surface area contributed by atoms with Crippen molar-refractivity contribution in [1.29, 1.82) is 0 Å². The maximum atomic E-state index is 12.7. The molecular weight excluding hydrogens is 376 g/mol. The Balaban J connectivity index is 1.71. The van der Waals surface area contributed by atoms with E-state index in [2.05, 4.69) is 12.2 Å². The lowest BCUT2D eigenvalue weighted by molar-refractivity contribution is -0.615. The van der Waals surface area contributed by atoms with E-state index in [1.54, 1.807) is 17.2 Å². The minimum absolute atomic E-state index is 0.0333. The number of hydrogen-bond acceptors (Lipinski definition) is 3. The summed E-state index contributed by atoms with van der Waals surface area (Å²) in [6, 6.07) is 9.59. The Morgan fingerprint density at radius 1 is 1.29 bits per heavy atom. The van der Waals surface area contributed by atoms with Crippen molar-refractivity contribution in [2.75, 3.05) is 19.7 Å². The van der Waals surface area contributed by atoms with Crippen molar-refractivity contribution < 1.29 is 14.3 Å². The zero-order valence-electron chi connectivity index (χ0n) is 15.8. The molecule has 0 radical (unpaired) electrons. The highest BCUT2D eigenvalue weighted by molar-refractivity contribution is 6.30. The molecule has 0 bridgehead atoms. The molecule has 28 heavy (non-hydrogen) atoms. The fourth-order valence-electron chi connectivity index (χ4n) is 4.26. The molecule has 1 aliphatic heterocycles. The Kier molecular flexibility index (Phi) is 5.27. The Morgan fingerprint density at radius 3 is 2.82 bits per heavy atom. The van der Waals surface area contributed by atoms with Crippen molar-refractivity contribution in [3.8, 4) is 0 Å². The first kappa shape index (κ1) is 18.8. The SMILES string of the molecule is CCOC(=O)N1CCC(C2C=c3cc(Cl)ccc3=Cc3ccc[n+]([O-])c32)CC1. The van der Waals surface area contributed by atoms with Gasteiger partial charge in [-0.3, -0.25) is 0 Å². The van der Waals surface area contributed by atoms with Crippen molar-refractivity contribution in [2.24, 2.45) is 5.92 Å². The lowest BCUT2D eigenvalue weighted by atomic mass is 9.80. The van der Waals surface area contributed by atoms with Gasteiger partial charge in [0, 0.05) is 29.7 Å². The molecule has 1 aromatic heterocycles. The van der Waals surface area contributed by atoms with Crippen molar-refractivity contribution >= 4 is 29.8 Å². The van der Waals surface area contributed by atoms with Crippen LogP contribution in [-0.2, 0) is 4.74 Å². The van der Waals surface area contributed by atoms with E-state index >= 15 is 0 Å². The summed E-state index contributed by atoms with van der Waals surface area (Å²) in [5, 5.41) is 15.5. The van der Waals surface area contributed by atoms with Gasteiger partial charge in [-0.05, 0) is 60.4 Å². The number of ether oxygens (including phenoxy) is 1. The first-order valence-electron chi connectivity index (χ1n) is 9.69. The Bertz CT molecular complexity index is 1010. The molecule has 2 heterocycles. The van der Waals surface area contributed by atoms with Crippen LogP contribution >= 0.6 is 11.6 Å². The minimum Gasteiger partial charge on any atom is -0.618 e. The summed E-state index contributed by atoms with van der Waals surface area (Å²) in [6.45, 7) is 3.47. The monoisotopic (exact) mass is 398 g/mol. The number of piperidine rings is 1. The van der Waals surface area contributed by atoms with Crippen molar-refractivity contribution in [1.82, 2.24) is 4.90 Å². The molecule has 146 valence electrons. The van der Waals surface area contributed by atoms with Gasteiger partial charge in [-0.25, -0.2) is 4.79 Å². The van der Waals surface area contributed by atoms with Crippen LogP contribution in [-0.4, -0.2) is 30.7 Å². The van der Waals surface area contributed by atoms with Gasteiger partial charge in [0.15, 0.2) is 6.20 Å². The van der Waals surface area contributed by atoms with Gasteiger partial charge in [-0.1, -0.05) is 23.7 Å². The molecule has 4 rings (SSSR count). The third kappa shape index (κ3) is 3.59. The predicted molar refractivity (Wildman–Crippen MR) is 108 cm³/mol. The fraction of sp³-hybridized carbons (Fsp3) is 0.364. The second kappa shape index (κ2) is 7.84. The van der Waals surface area contributed by atoms with Crippen molar-refractivity contribution in [2.45, 2.75) is 25.7 Å². The smallest absolute Gasteiger partial charge is 0.409 e. The molecule has 5 nitrogen and oxygen atoms in total. The van der Waals surface area contributed by atoms with Crippen LogP contribution in [0.25, 0.3) is 12.2 Å². The Hall–Kier alpha value is -2.53.